The van der Waals surface area contributed by atoms with Crippen LogP contribution in [0.4, 0.5) is 4.79 Å². The molecule has 6 nitrogen and oxygen atoms in total. The highest BCUT2D eigenvalue weighted by atomic mass is 16.6. The normalized spacial score (nSPS) is 28.2. The molecular weight excluding hydrogens is 222 g/mol. The second kappa shape index (κ2) is 4.16. The molecular formula is C11H19N3O3. The molecule has 0 radical (unpaired) electrons. The Labute approximate surface area is 101 Å². The minimum atomic E-state index is -0.476. The smallest absolute Gasteiger partial charge is 0.410 e. The molecule has 2 aliphatic rings. The van der Waals surface area contributed by atoms with Gasteiger partial charge in [-0.2, -0.15) is 0 Å². The fraction of sp³-hybridized carbons (Fsp3) is 0.909. The predicted molar refractivity (Wildman–Crippen MR) is 62.3 cm³/mol. The summed E-state index contributed by atoms with van der Waals surface area (Å²) in [5.74, 6) is 0. The maximum absolute atomic E-state index is 11.9. The minimum Gasteiger partial charge on any atom is -0.444 e. The van der Waals surface area contributed by atoms with Crippen molar-refractivity contribution in [2.75, 3.05) is 13.1 Å². The monoisotopic (exact) mass is 241 g/mol. The molecule has 0 aromatic carbocycles. The maximum Gasteiger partial charge on any atom is 0.410 e. The van der Waals surface area contributed by atoms with Gasteiger partial charge >= 0.3 is 6.09 Å². The van der Waals surface area contributed by atoms with E-state index in [0.717, 1.165) is 12.8 Å². The van der Waals surface area contributed by atoms with Gasteiger partial charge in [-0.1, -0.05) is 0 Å². The molecule has 1 amide bonds. The molecule has 2 rings (SSSR count). The molecule has 6 heteroatoms. The van der Waals surface area contributed by atoms with Gasteiger partial charge in [-0.25, -0.2) is 4.79 Å². The van der Waals surface area contributed by atoms with E-state index in [4.69, 9.17) is 4.74 Å². The van der Waals surface area contributed by atoms with Crippen LogP contribution >= 0.6 is 0 Å². The quantitative estimate of drug-likeness (QED) is 0.656. The van der Waals surface area contributed by atoms with Gasteiger partial charge in [0.1, 0.15) is 5.60 Å². The third kappa shape index (κ3) is 2.50. The van der Waals surface area contributed by atoms with Gasteiger partial charge in [0.25, 0.3) is 0 Å². The first kappa shape index (κ1) is 12.1. The summed E-state index contributed by atoms with van der Waals surface area (Å²) in [5, 5.41) is 4.64. The van der Waals surface area contributed by atoms with E-state index in [9.17, 15) is 9.70 Å². The van der Waals surface area contributed by atoms with Crippen LogP contribution in [0, 0.1) is 4.91 Å². The molecule has 0 aromatic rings. The van der Waals surface area contributed by atoms with Crippen molar-refractivity contribution < 1.29 is 9.53 Å². The lowest BCUT2D eigenvalue weighted by atomic mass is 10.2. The van der Waals surface area contributed by atoms with E-state index in [1.54, 1.807) is 9.91 Å². The van der Waals surface area contributed by atoms with Gasteiger partial charge in [0, 0.05) is 13.1 Å². The SMILES string of the molecule is CC(C)(C)OC(=O)N1CC2CCC(C1)N2N=O. The number of amides is 1. The molecule has 2 aliphatic heterocycles. The highest BCUT2D eigenvalue weighted by Gasteiger charge is 2.42. The number of nitrogens with zero attached hydrogens (tertiary/aromatic N) is 3. The van der Waals surface area contributed by atoms with Gasteiger partial charge in [-0.15, -0.1) is 4.91 Å². The van der Waals surface area contributed by atoms with E-state index in [2.05, 4.69) is 5.29 Å². The second-order valence-electron chi connectivity index (χ2n) is 5.73. The van der Waals surface area contributed by atoms with Crippen LogP contribution in [-0.2, 0) is 4.74 Å². The summed E-state index contributed by atoms with van der Waals surface area (Å²) >= 11 is 0. The second-order valence-corrected chi connectivity index (χ2v) is 5.73. The van der Waals surface area contributed by atoms with Gasteiger partial charge in [-0.05, 0) is 33.6 Å². The van der Waals surface area contributed by atoms with Gasteiger partial charge in [-0.3, -0.25) is 5.01 Å². The summed E-state index contributed by atoms with van der Waals surface area (Å²) in [7, 11) is 0. The van der Waals surface area contributed by atoms with Gasteiger partial charge in [0.05, 0.1) is 17.4 Å². The average molecular weight is 241 g/mol. The van der Waals surface area contributed by atoms with Crippen LogP contribution in [0.5, 0.6) is 0 Å². The fourth-order valence-corrected chi connectivity index (χ4v) is 2.49. The lowest BCUT2D eigenvalue weighted by Gasteiger charge is -2.37. The summed E-state index contributed by atoms with van der Waals surface area (Å²) in [6, 6.07) is 0.137. The summed E-state index contributed by atoms with van der Waals surface area (Å²) in [6.07, 6.45) is 1.56. The molecule has 2 saturated heterocycles. The van der Waals surface area contributed by atoms with Crippen molar-refractivity contribution in [1.82, 2.24) is 9.91 Å². The Balaban J connectivity index is 1.98. The fourth-order valence-electron chi connectivity index (χ4n) is 2.49. The van der Waals surface area contributed by atoms with Gasteiger partial charge < -0.3 is 9.64 Å². The molecule has 2 heterocycles. The summed E-state index contributed by atoms with van der Waals surface area (Å²) in [6.45, 7) is 6.63. The Morgan fingerprint density at radius 2 is 1.76 bits per heavy atom. The first-order valence-electron chi connectivity index (χ1n) is 6.00. The van der Waals surface area contributed by atoms with E-state index < -0.39 is 5.60 Å². The number of carbonyl (C=O) groups is 1. The van der Waals surface area contributed by atoms with Crippen LogP contribution in [0.15, 0.2) is 5.29 Å². The number of hydrogen-bond donors (Lipinski definition) is 0. The Hall–Kier alpha value is -1.33. The van der Waals surface area contributed by atoms with Gasteiger partial charge in [0.2, 0.25) is 0 Å². The van der Waals surface area contributed by atoms with Crippen molar-refractivity contribution >= 4 is 6.09 Å². The molecule has 2 fully saturated rings. The zero-order valence-electron chi connectivity index (χ0n) is 10.5. The Kier molecular flexibility index (Phi) is 2.97. The molecule has 2 atom stereocenters. The third-order valence-electron chi connectivity index (χ3n) is 3.19. The molecule has 2 bridgehead atoms. The van der Waals surface area contributed by atoms with Crippen molar-refractivity contribution in [2.45, 2.75) is 51.3 Å². The van der Waals surface area contributed by atoms with Crippen LogP contribution < -0.4 is 0 Å². The molecule has 0 N–H and O–H groups in total. The van der Waals surface area contributed by atoms with Crippen molar-refractivity contribution in [3.63, 3.8) is 0 Å². The third-order valence-corrected chi connectivity index (χ3v) is 3.19. The zero-order valence-corrected chi connectivity index (χ0v) is 10.5. The van der Waals surface area contributed by atoms with Crippen molar-refractivity contribution in [2.24, 2.45) is 5.29 Å². The predicted octanol–water partition coefficient (Wildman–Crippen LogP) is 1.75. The number of fused-ring (bicyclic) bond motifs is 2. The van der Waals surface area contributed by atoms with E-state index in [0.29, 0.717) is 13.1 Å². The number of hydrogen-bond acceptors (Lipinski definition) is 4. The number of likely N-dealkylation sites (tertiary alicyclic amines) is 1. The number of piperazine rings is 1. The first-order valence-corrected chi connectivity index (χ1v) is 6.00. The van der Waals surface area contributed by atoms with E-state index in [1.165, 1.54) is 0 Å². The average Bonchev–Trinajstić information content (AvgIpc) is 2.44. The standard InChI is InChI=1S/C11H19N3O3/c1-11(2,3)17-10(15)13-6-8-4-5-9(7-13)14(8)12-16/h8-9H,4-7H2,1-3H3. The Bertz CT molecular complexity index is 312. The van der Waals surface area contributed by atoms with Crippen LogP contribution in [0.2, 0.25) is 0 Å². The molecule has 0 saturated carbocycles. The number of nitroso groups, excluding NO2 is 1. The lowest BCUT2D eigenvalue weighted by molar-refractivity contribution is 0.00150. The van der Waals surface area contributed by atoms with E-state index in [-0.39, 0.29) is 18.2 Å². The van der Waals surface area contributed by atoms with Crippen molar-refractivity contribution in [3.8, 4) is 0 Å². The van der Waals surface area contributed by atoms with Crippen molar-refractivity contribution in [3.05, 3.63) is 4.91 Å². The zero-order chi connectivity index (χ0) is 12.6. The Morgan fingerprint density at radius 1 is 1.24 bits per heavy atom. The molecule has 0 aromatic heterocycles. The van der Waals surface area contributed by atoms with Crippen LogP contribution in [0.25, 0.3) is 0 Å². The maximum atomic E-state index is 11.9. The summed E-state index contributed by atoms with van der Waals surface area (Å²) in [5.41, 5.74) is -0.476. The van der Waals surface area contributed by atoms with Crippen LogP contribution in [-0.4, -0.2) is 46.8 Å². The first-order chi connectivity index (χ1) is 7.90. The van der Waals surface area contributed by atoms with E-state index >= 15 is 0 Å². The molecule has 0 aliphatic carbocycles. The number of carbonyl (C=O) groups excluding carboxylic acids is 1. The summed E-state index contributed by atoms with van der Waals surface area (Å²) in [4.78, 5) is 24.3. The van der Waals surface area contributed by atoms with Crippen molar-refractivity contribution in [1.29, 1.82) is 0 Å². The highest BCUT2D eigenvalue weighted by Crippen LogP contribution is 2.30. The molecule has 2 unspecified atom stereocenters. The van der Waals surface area contributed by atoms with Crippen LogP contribution in [0.3, 0.4) is 0 Å². The van der Waals surface area contributed by atoms with E-state index in [1.807, 2.05) is 20.8 Å². The molecule has 96 valence electrons. The largest absolute Gasteiger partial charge is 0.444 e. The van der Waals surface area contributed by atoms with Gasteiger partial charge in [0.15, 0.2) is 0 Å². The topological polar surface area (TPSA) is 62.2 Å². The number of ether oxygens (including phenoxy) is 1. The van der Waals surface area contributed by atoms with Crippen LogP contribution in [0.1, 0.15) is 33.6 Å². The number of rotatable bonds is 1. The lowest BCUT2D eigenvalue weighted by Crippen LogP contribution is -2.54. The Morgan fingerprint density at radius 3 is 2.18 bits per heavy atom. The summed E-state index contributed by atoms with van der Waals surface area (Å²) < 4.78 is 5.33. The highest BCUT2D eigenvalue weighted by molar-refractivity contribution is 5.68. The molecule has 17 heavy (non-hydrogen) atoms. The minimum absolute atomic E-state index is 0.0683. The molecule has 0 spiro atoms.